The van der Waals surface area contributed by atoms with E-state index in [1.54, 1.807) is 0 Å². The largest absolute Gasteiger partial charge is 0.508 e. The molecule has 0 atom stereocenters. The molecule has 3 aromatic rings. The second-order valence-corrected chi connectivity index (χ2v) is 4.28. The summed E-state index contributed by atoms with van der Waals surface area (Å²) in [6, 6.07) is 9.22. The number of nitrogens with one attached hydrogen (secondary N) is 1. The molecule has 0 aliphatic heterocycles. The summed E-state index contributed by atoms with van der Waals surface area (Å²) in [4.78, 5) is 26.8. The summed E-state index contributed by atoms with van der Waals surface area (Å²) in [5, 5.41) is 9.58. The van der Waals surface area contributed by atoms with Crippen LogP contribution in [-0.4, -0.2) is 14.7 Å². The Morgan fingerprint density at radius 1 is 1.10 bits per heavy atom. The van der Waals surface area contributed by atoms with Gasteiger partial charge in [0, 0.05) is 0 Å². The van der Waals surface area contributed by atoms with Gasteiger partial charge in [0.2, 0.25) is 0 Å². The van der Waals surface area contributed by atoms with Crippen LogP contribution in [0.4, 0.5) is 4.39 Å². The molecule has 0 saturated carbocycles. The van der Waals surface area contributed by atoms with Crippen LogP contribution < -0.4 is 11.2 Å². The number of nitrogens with zero attached hydrogens (tertiary/aromatic N) is 1. The summed E-state index contributed by atoms with van der Waals surface area (Å²) in [6.07, 6.45) is 0. The fraction of sp³-hybridized carbons (Fsp3) is 0. The molecule has 1 aromatic heterocycles. The third-order valence-electron chi connectivity index (χ3n) is 2.95. The zero-order valence-electron chi connectivity index (χ0n) is 10.1. The van der Waals surface area contributed by atoms with Crippen molar-refractivity contribution in [1.29, 1.82) is 0 Å². The number of aromatic nitrogens is 2. The topological polar surface area (TPSA) is 75.1 Å². The van der Waals surface area contributed by atoms with Gasteiger partial charge >= 0.3 is 5.69 Å². The maximum Gasteiger partial charge on any atom is 0.333 e. The molecule has 0 radical (unpaired) electrons. The van der Waals surface area contributed by atoms with Gasteiger partial charge in [0.1, 0.15) is 11.6 Å². The number of hydrogen-bond donors (Lipinski definition) is 2. The van der Waals surface area contributed by atoms with Crippen LogP contribution in [0.5, 0.6) is 5.75 Å². The van der Waals surface area contributed by atoms with Crippen LogP contribution in [0.1, 0.15) is 0 Å². The van der Waals surface area contributed by atoms with Crippen molar-refractivity contribution in [3.05, 3.63) is 69.1 Å². The Hall–Kier alpha value is -2.89. The molecule has 1 heterocycles. The zero-order chi connectivity index (χ0) is 14.3. The van der Waals surface area contributed by atoms with Gasteiger partial charge in [0.25, 0.3) is 5.56 Å². The molecular formula is C14H9FN2O3. The van der Waals surface area contributed by atoms with Crippen LogP contribution in [0.25, 0.3) is 16.6 Å². The zero-order valence-corrected chi connectivity index (χ0v) is 10.1. The number of rotatable bonds is 1. The predicted octanol–water partition coefficient (Wildman–Crippen LogP) is 1.52. The molecule has 20 heavy (non-hydrogen) atoms. The fourth-order valence-electron chi connectivity index (χ4n) is 2.05. The molecule has 2 aromatic carbocycles. The van der Waals surface area contributed by atoms with Gasteiger partial charge in [0.05, 0.1) is 16.6 Å². The molecule has 2 N–H and O–H groups in total. The van der Waals surface area contributed by atoms with Crippen molar-refractivity contribution < 1.29 is 9.50 Å². The van der Waals surface area contributed by atoms with E-state index in [0.717, 1.165) is 10.6 Å². The van der Waals surface area contributed by atoms with Gasteiger partial charge in [-0.05, 0) is 36.4 Å². The normalized spacial score (nSPS) is 10.8. The van der Waals surface area contributed by atoms with Crippen molar-refractivity contribution in [3.63, 3.8) is 0 Å². The number of aromatic amines is 1. The Bertz CT molecular complexity index is 928. The minimum atomic E-state index is -0.668. The molecule has 0 amide bonds. The van der Waals surface area contributed by atoms with Crippen molar-refractivity contribution in [2.24, 2.45) is 0 Å². The lowest BCUT2D eigenvalue weighted by molar-refractivity contribution is 0.476. The first-order chi connectivity index (χ1) is 9.56. The molecule has 0 aliphatic rings. The molecule has 0 fully saturated rings. The van der Waals surface area contributed by atoms with E-state index in [-0.39, 0.29) is 16.8 Å². The van der Waals surface area contributed by atoms with Crippen LogP contribution >= 0.6 is 0 Å². The highest BCUT2D eigenvalue weighted by atomic mass is 19.1. The number of H-pyrrole nitrogens is 1. The lowest BCUT2D eigenvalue weighted by Gasteiger charge is -2.06. The van der Waals surface area contributed by atoms with E-state index in [4.69, 9.17) is 0 Å². The number of phenolic OH excluding ortho intramolecular Hbond substituents is 1. The first kappa shape index (κ1) is 12.2. The van der Waals surface area contributed by atoms with Gasteiger partial charge < -0.3 is 10.1 Å². The predicted molar refractivity (Wildman–Crippen MR) is 71.8 cm³/mol. The first-order valence-corrected chi connectivity index (χ1v) is 5.80. The number of aromatic hydroxyl groups is 1. The standard InChI is InChI=1S/C14H9FN2O3/c15-8-2-1-3-9(6-8)17-13(19)11-7-10(18)4-5-12(11)16-14(17)20/h1-7,18H,(H,16,20). The number of halogens is 1. The maximum atomic E-state index is 13.2. The highest BCUT2D eigenvalue weighted by Crippen LogP contribution is 2.14. The van der Waals surface area contributed by atoms with Gasteiger partial charge in [-0.3, -0.25) is 4.79 Å². The Labute approximate surface area is 111 Å². The summed E-state index contributed by atoms with van der Waals surface area (Å²) in [5.41, 5.74) is -0.851. The first-order valence-electron chi connectivity index (χ1n) is 5.80. The van der Waals surface area contributed by atoms with E-state index in [1.807, 2.05) is 0 Å². The second-order valence-electron chi connectivity index (χ2n) is 4.28. The molecule has 0 bridgehead atoms. The molecule has 3 rings (SSSR count). The van der Waals surface area contributed by atoms with Crippen LogP contribution in [0.2, 0.25) is 0 Å². The molecule has 6 heteroatoms. The SMILES string of the molecule is O=c1[nH]c2ccc(O)cc2c(=O)n1-c1cccc(F)c1. The third-order valence-corrected chi connectivity index (χ3v) is 2.95. The van der Waals surface area contributed by atoms with Gasteiger partial charge in [-0.1, -0.05) is 6.07 Å². The number of benzene rings is 2. The van der Waals surface area contributed by atoms with E-state index >= 15 is 0 Å². The summed E-state index contributed by atoms with van der Waals surface area (Å²) < 4.78 is 14.1. The minimum absolute atomic E-state index is 0.0903. The monoisotopic (exact) mass is 272 g/mol. The summed E-state index contributed by atoms with van der Waals surface area (Å²) >= 11 is 0. The minimum Gasteiger partial charge on any atom is -0.508 e. The Morgan fingerprint density at radius 3 is 2.65 bits per heavy atom. The van der Waals surface area contributed by atoms with Crippen LogP contribution in [-0.2, 0) is 0 Å². The van der Waals surface area contributed by atoms with Crippen LogP contribution in [0.15, 0.2) is 52.1 Å². The molecule has 0 spiro atoms. The average Bonchev–Trinajstić information content (AvgIpc) is 2.40. The molecule has 0 unspecified atom stereocenters. The van der Waals surface area contributed by atoms with Gasteiger partial charge in [0.15, 0.2) is 0 Å². The van der Waals surface area contributed by atoms with Gasteiger partial charge in [-0.25, -0.2) is 13.8 Å². The highest BCUT2D eigenvalue weighted by Gasteiger charge is 2.10. The van der Waals surface area contributed by atoms with E-state index in [9.17, 15) is 19.1 Å². The fourth-order valence-corrected chi connectivity index (χ4v) is 2.05. The second kappa shape index (κ2) is 4.34. The lowest BCUT2D eigenvalue weighted by atomic mass is 10.2. The van der Waals surface area contributed by atoms with Crippen molar-refractivity contribution in [2.75, 3.05) is 0 Å². The Morgan fingerprint density at radius 2 is 1.90 bits per heavy atom. The molecule has 0 saturated heterocycles. The van der Waals surface area contributed by atoms with Crippen LogP contribution in [0, 0.1) is 5.82 Å². The van der Waals surface area contributed by atoms with E-state index in [2.05, 4.69) is 4.98 Å². The number of hydrogen-bond acceptors (Lipinski definition) is 3. The van der Waals surface area contributed by atoms with Crippen molar-refractivity contribution >= 4 is 10.9 Å². The lowest BCUT2D eigenvalue weighted by Crippen LogP contribution is -2.33. The van der Waals surface area contributed by atoms with Crippen molar-refractivity contribution in [2.45, 2.75) is 0 Å². The number of phenols is 1. The van der Waals surface area contributed by atoms with E-state index < -0.39 is 17.1 Å². The number of fused-ring (bicyclic) bond motifs is 1. The molecular weight excluding hydrogens is 263 g/mol. The summed E-state index contributed by atoms with van der Waals surface area (Å²) in [6.45, 7) is 0. The van der Waals surface area contributed by atoms with E-state index in [1.165, 1.54) is 36.4 Å². The Kier molecular flexibility index (Phi) is 2.64. The van der Waals surface area contributed by atoms with Crippen LogP contribution in [0.3, 0.4) is 0 Å². The molecule has 5 nitrogen and oxygen atoms in total. The average molecular weight is 272 g/mol. The smallest absolute Gasteiger partial charge is 0.333 e. The maximum absolute atomic E-state index is 13.2. The van der Waals surface area contributed by atoms with E-state index in [0.29, 0.717) is 5.52 Å². The quantitative estimate of drug-likeness (QED) is 0.705. The summed E-state index contributed by atoms with van der Waals surface area (Å²) in [5.74, 6) is -0.641. The Balaban J connectivity index is 2.42. The van der Waals surface area contributed by atoms with Gasteiger partial charge in [-0.15, -0.1) is 0 Å². The highest BCUT2D eigenvalue weighted by molar-refractivity contribution is 5.79. The van der Waals surface area contributed by atoms with Gasteiger partial charge in [-0.2, -0.15) is 0 Å². The molecule has 100 valence electrons. The van der Waals surface area contributed by atoms with Crippen molar-refractivity contribution in [3.8, 4) is 11.4 Å². The van der Waals surface area contributed by atoms with Crippen molar-refractivity contribution in [1.82, 2.24) is 9.55 Å². The summed E-state index contributed by atoms with van der Waals surface area (Å²) in [7, 11) is 0. The third kappa shape index (κ3) is 1.87. The molecule has 0 aliphatic carbocycles.